The topological polar surface area (TPSA) is 76.7 Å². The number of benzene rings is 1. The van der Waals surface area contributed by atoms with Crippen LogP contribution in [-0.4, -0.2) is 51.3 Å². The summed E-state index contributed by atoms with van der Waals surface area (Å²) in [7, 11) is 1.36. The number of carbonyl (C=O) groups is 2. The molecule has 24 heavy (non-hydrogen) atoms. The van der Waals surface area contributed by atoms with Gasteiger partial charge in [-0.2, -0.15) is 0 Å². The molecule has 6 nitrogen and oxygen atoms in total. The zero-order chi connectivity index (χ0) is 16.7. The Bertz CT molecular complexity index is 547. The third-order valence-corrected chi connectivity index (χ3v) is 3.84. The van der Waals surface area contributed by atoms with Crippen LogP contribution in [0.1, 0.15) is 11.1 Å². The van der Waals surface area contributed by atoms with Gasteiger partial charge in [0.1, 0.15) is 6.10 Å². The fraction of sp³-hybridized carbons (Fsp3) is 0.529. The molecule has 2 atom stereocenters. The highest BCUT2D eigenvalue weighted by atomic mass is 35.5. The predicted octanol–water partition coefficient (Wildman–Crippen LogP) is 0.853. The molecule has 0 aliphatic carbocycles. The van der Waals surface area contributed by atoms with Crippen LogP contribution in [0.3, 0.4) is 0 Å². The minimum atomic E-state index is -0.499. The van der Waals surface area contributed by atoms with Crippen molar-refractivity contribution in [2.24, 2.45) is 5.92 Å². The number of hydrogen-bond donors (Lipinski definition) is 2. The number of halogens is 1. The second kappa shape index (κ2) is 10.3. The van der Waals surface area contributed by atoms with E-state index in [9.17, 15) is 9.59 Å². The van der Waals surface area contributed by atoms with E-state index in [4.69, 9.17) is 9.47 Å². The average Bonchev–Trinajstić information content (AvgIpc) is 2.58. The molecule has 2 rings (SSSR count). The summed E-state index contributed by atoms with van der Waals surface area (Å²) < 4.78 is 10.3. The lowest BCUT2D eigenvalue weighted by Gasteiger charge is -2.23. The van der Waals surface area contributed by atoms with Crippen molar-refractivity contribution < 1.29 is 19.1 Å². The van der Waals surface area contributed by atoms with E-state index in [1.54, 1.807) is 0 Å². The van der Waals surface area contributed by atoms with Crippen LogP contribution in [0.15, 0.2) is 24.3 Å². The highest BCUT2D eigenvalue weighted by molar-refractivity contribution is 5.85. The maximum atomic E-state index is 12.1. The Balaban J connectivity index is 0.00000288. The Labute approximate surface area is 148 Å². The molecule has 7 heteroatoms. The normalized spacial score (nSPS) is 18.2. The monoisotopic (exact) mass is 356 g/mol. The third-order valence-electron chi connectivity index (χ3n) is 3.84. The summed E-state index contributed by atoms with van der Waals surface area (Å²) in [5.41, 5.74) is 2.18. The van der Waals surface area contributed by atoms with Gasteiger partial charge in [0.2, 0.25) is 5.91 Å². The maximum Gasteiger partial charge on any atom is 0.310 e. The van der Waals surface area contributed by atoms with Crippen LogP contribution >= 0.6 is 12.4 Å². The van der Waals surface area contributed by atoms with Gasteiger partial charge in [-0.15, -0.1) is 12.4 Å². The number of esters is 1. The highest BCUT2D eigenvalue weighted by Gasteiger charge is 2.25. The van der Waals surface area contributed by atoms with E-state index in [1.165, 1.54) is 7.11 Å². The summed E-state index contributed by atoms with van der Waals surface area (Å²) in [6, 6.07) is 7.97. The van der Waals surface area contributed by atoms with Gasteiger partial charge in [-0.3, -0.25) is 9.59 Å². The zero-order valence-electron chi connectivity index (χ0n) is 14.0. The Morgan fingerprint density at radius 1 is 1.46 bits per heavy atom. The van der Waals surface area contributed by atoms with Crippen LogP contribution in [0.25, 0.3) is 0 Å². The summed E-state index contributed by atoms with van der Waals surface area (Å²) in [6.07, 6.45) is 0.0271. The molecule has 1 aromatic rings. The van der Waals surface area contributed by atoms with Crippen molar-refractivity contribution in [3.8, 4) is 0 Å². The third kappa shape index (κ3) is 6.11. The molecule has 0 aromatic heterocycles. The molecule has 0 spiro atoms. The molecular formula is C17H25ClN2O4. The van der Waals surface area contributed by atoms with E-state index in [-0.39, 0.29) is 30.8 Å². The summed E-state index contributed by atoms with van der Waals surface area (Å²) in [5.74, 6) is -0.938. The second-order valence-electron chi connectivity index (χ2n) is 5.72. The van der Waals surface area contributed by atoms with Gasteiger partial charge in [-0.1, -0.05) is 29.8 Å². The fourth-order valence-corrected chi connectivity index (χ4v) is 2.60. The number of ether oxygens (including phenoxy) is 2. The van der Waals surface area contributed by atoms with Crippen molar-refractivity contribution in [1.29, 1.82) is 0 Å². The Morgan fingerprint density at radius 2 is 2.25 bits per heavy atom. The Hall–Kier alpha value is -1.63. The first kappa shape index (κ1) is 20.4. The number of hydrogen-bond acceptors (Lipinski definition) is 5. The lowest BCUT2D eigenvalue weighted by atomic mass is 9.98. The molecule has 1 aliphatic heterocycles. The molecule has 1 saturated heterocycles. The molecule has 0 radical (unpaired) electrons. The van der Waals surface area contributed by atoms with Crippen molar-refractivity contribution in [2.75, 3.05) is 33.4 Å². The number of carbonyl (C=O) groups excluding carboxylic acids is 2. The molecule has 1 heterocycles. The fourth-order valence-electron chi connectivity index (χ4n) is 2.60. The van der Waals surface area contributed by atoms with E-state index >= 15 is 0 Å². The van der Waals surface area contributed by atoms with E-state index in [0.29, 0.717) is 19.6 Å². The van der Waals surface area contributed by atoms with Gasteiger partial charge >= 0.3 is 5.97 Å². The van der Waals surface area contributed by atoms with Crippen LogP contribution in [-0.2, 0) is 25.5 Å². The number of amides is 1. The van der Waals surface area contributed by atoms with Crippen molar-refractivity contribution in [3.05, 3.63) is 35.4 Å². The van der Waals surface area contributed by atoms with Gasteiger partial charge in [0.05, 0.1) is 19.6 Å². The van der Waals surface area contributed by atoms with Gasteiger partial charge in [0, 0.05) is 19.6 Å². The van der Waals surface area contributed by atoms with E-state index in [2.05, 4.69) is 10.6 Å². The van der Waals surface area contributed by atoms with Crippen molar-refractivity contribution in [2.45, 2.75) is 19.4 Å². The average molecular weight is 357 g/mol. The first-order valence-electron chi connectivity index (χ1n) is 7.83. The number of rotatable bonds is 6. The van der Waals surface area contributed by atoms with Crippen molar-refractivity contribution in [3.63, 3.8) is 0 Å². The molecule has 2 unspecified atom stereocenters. The number of methoxy groups -OCH3 is 1. The second-order valence-corrected chi connectivity index (χ2v) is 5.72. The minimum absolute atomic E-state index is 0. The molecule has 0 bridgehead atoms. The molecule has 0 saturated carbocycles. The maximum absolute atomic E-state index is 12.1. The van der Waals surface area contributed by atoms with Gasteiger partial charge in [-0.25, -0.2) is 0 Å². The lowest BCUT2D eigenvalue weighted by molar-refractivity contribution is -0.145. The Kier molecular flexibility index (Phi) is 8.74. The molecular weight excluding hydrogens is 332 g/mol. The van der Waals surface area contributed by atoms with Crippen LogP contribution < -0.4 is 10.6 Å². The van der Waals surface area contributed by atoms with Gasteiger partial charge in [0.25, 0.3) is 0 Å². The molecule has 1 aromatic carbocycles. The predicted molar refractivity (Wildman–Crippen MR) is 93.3 cm³/mol. The van der Waals surface area contributed by atoms with Gasteiger partial charge in [-0.05, 0) is 18.9 Å². The van der Waals surface area contributed by atoms with Crippen LogP contribution in [0.4, 0.5) is 0 Å². The van der Waals surface area contributed by atoms with E-state index in [1.807, 2.05) is 31.2 Å². The molecule has 1 aliphatic rings. The minimum Gasteiger partial charge on any atom is -0.469 e. The molecule has 2 N–H and O–H groups in total. The first-order chi connectivity index (χ1) is 11.1. The van der Waals surface area contributed by atoms with Crippen LogP contribution in [0.5, 0.6) is 0 Å². The Morgan fingerprint density at radius 3 is 2.88 bits per heavy atom. The largest absolute Gasteiger partial charge is 0.469 e. The van der Waals surface area contributed by atoms with Crippen LogP contribution in [0, 0.1) is 12.8 Å². The standard InChI is InChI=1S/C17H24N2O4.ClH/c1-12-4-3-5-13(8-12)9-14(17(21)22-2)10-19-16(20)15-11-18-6-7-23-15;/h3-5,8,14-15,18H,6-7,9-11H2,1-2H3,(H,19,20);1H. The molecule has 1 amide bonds. The number of morpholine rings is 1. The summed E-state index contributed by atoms with van der Waals surface area (Å²) in [5, 5.41) is 5.90. The van der Waals surface area contributed by atoms with Gasteiger partial charge in [0.15, 0.2) is 0 Å². The summed E-state index contributed by atoms with van der Waals surface area (Å²) >= 11 is 0. The quantitative estimate of drug-likeness (QED) is 0.739. The van der Waals surface area contributed by atoms with E-state index < -0.39 is 12.0 Å². The first-order valence-corrected chi connectivity index (χ1v) is 7.83. The van der Waals surface area contributed by atoms with Crippen LogP contribution in [0.2, 0.25) is 0 Å². The zero-order valence-corrected chi connectivity index (χ0v) is 14.9. The van der Waals surface area contributed by atoms with Crippen molar-refractivity contribution in [1.82, 2.24) is 10.6 Å². The van der Waals surface area contributed by atoms with Crippen molar-refractivity contribution >= 4 is 24.3 Å². The highest BCUT2D eigenvalue weighted by Crippen LogP contribution is 2.12. The summed E-state index contributed by atoms with van der Waals surface area (Å²) in [4.78, 5) is 24.1. The lowest BCUT2D eigenvalue weighted by Crippen LogP contribution is -2.49. The SMILES string of the molecule is COC(=O)C(CNC(=O)C1CNCCO1)Cc1cccc(C)c1.Cl. The summed E-state index contributed by atoms with van der Waals surface area (Å²) in [6.45, 7) is 4.00. The molecule has 1 fully saturated rings. The number of aryl methyl sites for hydroxylation is 1. The van der Waals surface area contributed by atoms with Gasteiger partial charge < -0.3 is 20.1 Å². The van der Waals surface area contributed by atoms with E-state index in [0.717, 1.165) is 17.7 Å². The number of nitrogens with one attached hydrogen (secondary N) is 2. The molecule has 134 valence electrons. The smallest absolute Gasteiger partial charge is 0.310 e.